The van der Waals surface area contributed by atoms with Crippen LogP contribution in [0.1, 0.15) is 0 Å². The van der Waals surface area contributed by atoms with Crippen molar-refractivity contribution in [3.63, 3.8) is 0 Å². The van der Waals surface area contributed by atoms with Gasteiger partial charge in [-0.3, -0.25) is 0 Å². The Bertz CT molecular complexity index is 771. The van der Waals surface area contributed by atoms with E-state index in [0.29, 0.717) is 0 Å². The molecular formula is C21H22ClPSn. The fourth-order valence-electron chi connectivity index (χ4n) is 3.02. The molecule has 0 aliphatic heterocycles. The molecule has 3 aromatic carbocycles. The molecule has 0 aliphatic carbocycles. The van der Waals surface area contributed by atoms with Crippen molar-refractivity contribution >= 4 is 57.4 Å². The summed E-state index contributed by atoms with van der Waals surface area (Å²) in [6.45, 7) is 0. The Morgan fingerprint density at radius 3 is 1.62 bits per heavy atom. The summed E-state index contributed by atoms with van der Waals surface area (Å²) in [4.78, 5) is 7.34. The zero-order valence-corrected chi connectivity index (χ0v) is 18.8. The minimum atomic E-state index is -2.37. The molecule has 0 amide bonds. The van der Waals surface area contributed by atoms with Gasteiger partial charge in [0.05, 0.1) is 0 Å². The van der Waals surface area contributed by atoms with Crippen molar-refractivity contribution in [2.45, 2.75) is 14.8 Å². The molecule has 3 aromatic rings. The average molecular weight is 460 g/mol. The van der Waals surface area contributed by atoms with Crippen molar-refractivity contribution in [2.24, 2.45) is 0 Å². The van der Waals surface area contributed by atoms with Crippen molar-refractivity contribution in [2.75, 3.05) is 0 Å². The van der Waals surface area contributed by atoms with E-state index in [1.54, 1.807) is 0 Å². The van der Waals surface area contributed by atoms with E-state index in [1.165, 1.54) is 19.5 Å². The first-order valence-corrected chi connectivity index (χ1v) is 19.9. The topological polar surface area (TPSA) is 0 Å². The van der Waals surface area contributed by atoms with E-state index in [1.807, 2.05) is 0 Å². The first-order valence-electron chi connectivity index (χ1n) is 8.18. The van der Waals surface area contributed by atoms with Crippen LogP contribution in [-0.2, 0) is 0 Å². The summed E-state index contributed by atoms with van der Waals surface area (Å²) in [6, 6.07) is 28.2. The summed E-state index contributed by atoms with van der Waals surface area (Å²) >= 11 is 4.33. The molecule has 3 rings (SSSR count). The summed E-state index contributed by atoms with van der Waals surface area (Å²) in [5.74, 6) is 0. The predicted octanol–water partition coefficient (Wildman–Crippen LogP) is 4.64. The normalized spacial score (nSPS) is 11.7. The van der Waals surface area contributed by atoms with Crippen molar-refractivity contribution in [3.8, 4) is 0 Å². The Labute approximate surface area is 155 Å². The van der Waals surface area contributed by atoms with Gasteiger partial charge >= 0.3 is 156 Å². The Kier molecular flexibility index (Phi) is 5.70. The van der Waals surface area contributed by atoms with Crippen molar-refractivity contribution in [3.05, 3.63) is 83.9 Å². The molecule has 122 valence electrons. The van der Waals surface area contributed by atoms with Crippen LogP contribution in [0.2, 0.25) is 19.8 Å². The molecule has 0 N–H and O–H groups in total. The Balaban J connectivity index is 2.27. The van der Waals surface area contributed by atoms with Crippen LogP contribution in [0.25, 0.3) is 0 Å². The Hall–Kier alpha value is -0.821. The van der Waals surface area contributed by atoms with Crippen LogP contribution in [0, 0.1) is 0 Å². The van der Waals surface area contributed by atoms with Gasteiger partial charge in [-0.05, 0) is 0 Å². The first kappa shape index (κ1) is 18.0. The number of rotatable bonds is 4. The predicted molar refractivity (Wildman–Crippen MR) is 113 cm³/mol. The van der Waals surface area contributed by atoms with E-state index in [0.717, 1.165) is 5.02 Å². The third-order valence-electron chi connectivity index (χ3n) is 4.01. The van der Waals surface area contributed by atoms with Gasteiger partial charge in [0.1, 0.15) is 0 Å². The van der Waals surface area contributed by atoms with Gasteiger partial charge < -0.3 is 0 Å². The standard InChI is InChI=1S/C18H13ClP.3CH3.Sn/c19-15-8-7-13-18(14-15)20(16-9-3-1-4-10-16)17-11-5-2-6-12-17;;;;/h1-13H;3*1H3;. The second-order valence-corrected chi connectivity index (χ2v) is 23.8. The second kappa shape index (κ2) is 7.60. The molecule has 0 aromatic heterocycles. The third kappa shape index (κ3) is 3.87. The van der Waals surface area contributed by atoms with E-state index in [9.17, 15) is 0 Å². The van der Waals surface area contributed by atoms with E-state index in [2.05, 4.69) is 93.7 Å². The van der Waals surface area contributed by atoms with Crippen molar-refractivity contribution in [1.29, 1.82) is 0 Å². The summed E-state index contributed by atoms with van der Waals surface area (Å²) in [7, 11) is -0.579. The molecule has 3 heteroatoms. The monoisotopic (exact) mass is 460 g/mol. The van der Waals surface area contributed by atoms with Crippen LogP contribution in [0.3, 0.4) is 0 Å². The SMILES string of the molecule is [CH3][Sn]([CH3])([CH3])[c]1c(Cl)cccc1P(c1ccccc1)c1ccccc1. The second-order valence-electron chi connectivity index (χ2n) is 6.89. The average Bonchev–Trinajstić information content (AvgIpc) is 2.56. The van der Waals surface area contributed by atoms with Crippen LogP contribution in [0.5, 0.6) is 0 Å². The molecule has 0 radical (unpaired) electrons. The summed E-state index contributed by atoms with van der Waals surface area (Å²) < 4.78 is 1.47. The molecule has 0 unspecified atom stereocenters. The third-order valence-corrected chi connectivity index (χ3v) is 13.7. The molecule has 0 fully saturated rings. The van der Waals surface area contributed by atoms with Gasteiger partial charge in [-0.1, -0.05) is 0 Å². The van der Waals surface area contributed by atoms with Crippen molar-refractivity contribution in [1.82, 2.24) is 0 Å². The molecule has 0 bridgehead atoms. The van der Waals surface area contributed by atoms with Gasteiger partial charge in [0, 0.05) is 0 Å². The van der Waals surface area contributed by atoms with Gasteiger partial charge in [0.2, 0.25) is 0 Å². The van der Waals surface area contributed by atoms with Crippen LogP contribution in [0.15, 0.2) is 78.9 Å². The van der Waals surface area contributed by atoms with E-state index in [4.69, 9.17) is 11.6 Å². The Morgan fingerprint density at radius 2 is 1.17 bits per heavy atom. The number of benzene rings is 3. The fourth-order valence-corrected chi connectivity index (χ4v) is 15.5. The molecule has 0 atom stereocenters. The van der Waals surface area contributed by atoms with Crippen LogP contribution >= 0.6 is 19.5 Å². The van der Waals surface area contributed by atoms with Gasteiger partial charge in [-0.15, -0.1) is 0 Å². The van der Waals surface area contributed by atoms with E-state index >= 15 is 0 Å². The molecule has 0 aliphatic rings. The summed E-state index contributed by atoms with van der Waals surface area (Å²) in [6.07, 6.45) is 0. The molecule has 24 heavy (non-hydrogen) atoms. The molecular weight excluding hydrogens is 437 g/mol. The molecule has 0 saturated carbocycles. The number of halogens is 1. The molecule has 0 saturated heterocycles. The molecule has 0 heterocycles. The quantitative estimate of drug-likeness (QED) is 0.394. The van der Waals surface area contributed by atoms with Crippen LogP contribution in [0.4, 0.5) is 0 Å². The van der Waals surface area contributed by atoms with Gasteiger partial charge in [-0.25, -0.2) is 0 Å². The maximum atomic E-state index is 6.70. The van der Waals surface area contributed by atoms with Crippen LogP contribution < -0.4 is 19.5 Å². The van der Waals surface area contributed by atoms with E-state index in [-0.39, 0.29) is 0 Å². The van der Waals surface area contributed by atoms with Crippen molar-refractivity contribution < 1.29 is 0 Å². The van der Waals surface area contributed by atoms with Gasteiger partial charge in [0.15, 0.2) is 0 Å². The molecule has 0 nitrogen and oxygen atoms in total. The zero-order chi connectivity index (χ0) is 17.2. The fraction of sp³-hybridized carbons (Fsp3) is 0.143. The van der Waals surface area contributed by atoms with Crippen LogP contribution in [-0.4, -0.2) is 18.4 Å². The Morgan fingerprint density at radius 1 is 0.667 bits per heavy atom. The minimum absolute atomic E-state index is 0.579. The molecule has 0 spiro atoms. The van der Waals surface area contributed by atoms with Gasteiger partial charge in [0.25, 0.3) is 0 Å². The van der Waals surface area contributed by atoms with Gasteiger partial charge in [-0.2, -0.15) is 0 Å². The zero-order valence-electron chi connectivity index (χ0n) is 14.3. The van der Waals surface area contributed by atoms with E-state index < -0.39 is 26.3 Å². The summed E-state index contributed by atoms with van der Waals surface area (Å²) in [5, 5.41) is 5.17. The number of hydrogen-bond acceptors (Lipinski definition) is 0. The number of hydrogen-bond donors (Lipinski definition) is 0. The first-order chi connectivity index (χ1) is 11.5. The summed E-state index contributed by atoms with van der Waals surface area (Å²) in [5.41, 5.74) is 0. The maximum absolute atomic E-state index is 6.70.